The van der Waals surface area contributed by atoms with Crippen LogP contribution in [0.5, 0.6) is 0 Å². The molecule has 1 aliphatic heterocycles. The van der Waals surface area contributed by atoms with Crippen LogP contribution in [0.4, 0.5) is 0 Å². The van der Waals surface area contributed by atoms with Gasteiger partial charge in [0.1, 0.15) is 0 Å². The third-order valence-electron chi connectivity index (χ3n) is 4.20. The van der Waals surface area contributed by atoms with Crippen molar-refractivity contribution in [3.8, 4) is 0 Å². The highest BCUT2D eigenvalue weighted by Crippen LogP contribution is 2.20. The van der Waals surface area contributed by atoms with E-state index in [0.717, 1.165) is 19.5 Å². The number of ether oxygens (including phenoxy) is 2. The van der Waals surface area contributed by atoms with Crippen LogP contribution in [-0.2, 0) is 20.8 Å². The summed E-state index contributed by atoms with van der Waals surface area (Å²) in [6, 6.07) is 11.2. The number of amides is 1. The van der Waals surface area contributed by atoms with Crippen molar-refractivity contribution in [2.24, 2.45) is 0 Å². The first-order valence-corrected chi connectivity index (χ1v) is 8.33. The molecule has 128 valence electrons. The largest absolute Gasteiger partial charge is 0.382 e. The van der Waals surface area contributed by atoms with Crippen molar-refractivity contribution >= 4 is 5.91 Å². The molecule has 0 aliphatic carbocycles. The van der Waals surface area contributed by atoms with E-state index in [1.807, 2.05) is 6.07 Å². The minimum Gasteiger partial charge on any atom is -0.382 e. The van der Waals surface area contributed by atoms with Gasteiger partial charge in [0, 0.05) is 38.7 Å². The summed E-state index contributed by atoms with van der Waals surface area (Å²) in [5.41, 5.74) is 1.32. The van der Waals surface area contributed by atoms with Gasteiger partial charge in [0.15, 0.2) is 0 Å². The van der Waals surface area contributed by atoms with Gasteiger partial charge >= 0.3 is 0 Å². The van der Waals surface area contributed by atoms with E-state index >= 15 is 0 Å². The average molecular weight is 320 g/mol. The molecule has 1 aliphatic rings. The van der Waals surface area contributed by atoms with Crippen molar-refractivity contribution in [2.75, 3.05) is 33.5 Å². The summed E-state index contributed by atoms with van der Waals surface area (Å²) in [7, 11) is 1.64. The van der Waals surface area contributed by atoms with Crippen LogP contribution >= 0.6 is 0 Å². The first-order chi connectivity index (χ1) is 11.2. The van der Waals surface area contributed by atoms with Crippen molar-refractivity contribution in [3.63, 3.8) is 0 Å². The second-order valence-electron chi connectivity index (χ2n) is 6.12. The first kappa shape index (κ1) is 17.9. The number of rotatable bonds is 9. The Morgan fingerprint density at radius 2 is 2.04 bits per heavy atom. The van der Waals surface area contributed by atoms with Gasteiger partial charge in [-0.3, -0.25) is 9.69 Å². The molecular weight excluding hydrogens is 292 g/mol. The topological polar surface area (TPSA) is 50.8 Å². The van der Waals surface area contributed by atoms with Crippen LogP contribution in [0.25, 0.3) is 0 Å². The molecule has 0 spiro atoms. The van der Waals surface area contributed by atoms with Crippen molar-refractivity contribution in [2.45, 2.75) is 38.4 Å². The zero-order valence-corrected chi connectivity index (χ0v) is 14.2. The summed E-state index contributed by atoms with van der Waals surface area (Å²) >= 11 is 0. The molecule has 2 atom stereocenters. The van der Waals surface area contributed by atoms with Gasteiger partial charge < -0.3 is 14.8 Å². The predicted octanol–water partition coefficient (Wildman–Crippen LogP) is 1.82. The lowest BCUT2D eigenvalue weighted by Crippen LogP contribution is -2.37. The maximum atomic E-state index is 12.0. The third-order valence-corrected chi connectivity index (χ3v) is 4.20. The summed E-state index contributed by atoms with van der Waals surface area (Å²) < 4.78 is 10.2. The zero-order chi connectivity index (χ0) is 16.5. The van der Waals surface area contributed by atoms with E-state index in [2.05, 4.69) is 41.4 Å². The average Bonchev–Trinajstić information content (AvgIpc) is 2.87. The van der Waals surface area contributed by atoms with E-state index in [-0.39, 0.29) is 11.9 Å². The van der Waals surface area contributed by atoms with Crippen molar-refractivity contribution in [3.05, 3.63) is 35.9 Å². The van der Waals surface area contributed by atoms with Crippen LogP contribution in [-0.4, -0.2) is 56.4 Å². The molecule has 1 aromatic rings. The van der Waals surface area contributed by atoms with Crippen LogP contribution in [0, 0.1) is 0 Å². The molecule has 0 unspecified atom stereocenters. The molecule has 0 bridgehead atoms. The SMILES string of the molecule is COCCOCCC(=O)N[C@H]1C[C@@H](C)N(Cc2ccccc2)C1. The lowest BCUT2D eigenvalue weighted by Gasteiger charge is -2.20. The van der Waals surface area contributed by atoms with Crippen LogP contribution in [0.3, 0.4) is 0 Å². The molecular formula is C18H28N2O3. The van der Waals surface area contributed by atoms with Gasteiger partial charge in [-0.1, -0.05) is 30.3 Å². The highest BCUT2D eigenvalue weighted by atomic mass is 16.5. The van der Waals surface area contributed by atoms with Crippen molar-refractivity contribution < 1.29 is 14.3 Å². The number of hydrogen-bond acceptors (Lipinski definition) is 4. The van der Waals surface area contributed by atoms with Gasteiger partial charge in [0.05, 0.1) is 19.8 Å². The number of nitrogens with zero attached hydrogens (tertiary/aromatic N) is 1. The Kier molecular flexibility index (Phi) is 7.52. The van der Waals surface area contributed by atoms with Crippen LogP contribution < -0.4 is 5.32 Å². The molecule has 2 rings (SSSR count). The maximum absolute atomic E-state index is 12.0. The van der Waals surface area contributed by atoms with Gasteiger partial charge in [-0.15, -0.1) is 0 Å². The van der Waals surface area contributed by atoms with Crippen LogP contribution in [0.2, 0.25) is 0 Å². The summed E-state index contributed by atoms with van der Waals surface area (Å²) in [6.07, 6.45) is 1.41. The quantitative estimate of drug-likeness (QED) is 0.705. The Hall–Kier alpha value is -1.43. The van der Waals surface area contributed by atoms with Gasteiger partial charge in [-0.2, -0.15) is 0 Å². The Bertz CT molecular complexity index is 467. The summed E-state index contributed by atoms with van der Waals surface area (Å²) in [6.45, 7) is 5.63. The minimum absolute atomic E-state index is 0.0705. The molecule has 1 saturated heterocycles. The Balaban J connectivity index is 1.68. The van der Waals surface area contributed by atoms with Crippen molar-refractivity contribution in [1.82, 2.24) is 10.2 Å². The fourth-order valence-corrected chi connectivity index (χ4v) is 2.95. The van der Waals surface area contributed by atoms with Gasteiger partial charge in [-0.05, 0) is 18.9 Å². The highest BCUT2D eigenvalue weighted by molar-refractivity contribution is 5.76. The summed E-state index contributed by atoms with van der Waals surface area (Å²) in [5.74, 6) is 0.0705. The number of carbonyl (C=O) groups is 1. The second kappa shape index (κ2) is 9.65. The van der Waals surface area contributed by atoms with Crippen molar-refractivity contribution in [1.29, 1.82) is 0 Å². The smallest absolute Gasteiger partial charge is 0.222 e. The van der Waals surface area contributed by atoms with Crippen LogP contribution in [0.15, 0.2) is 30.3 Å². The molecule has 5 heteroatoms. The van der Waals surface area contributed by atoms with E-state index in [1.165, 1.54) is 5.56 Å². The number of carbonyl (C=O) groups excluding carboxylic acids is 1. The molecule has 1 aromatic carbocycles. The molecule has 5 nitrogen and oxygen atoms in total. The number of likely N-dealkylation sites (tertiary alicyclic amines) is 1. The van der Waals surface area contributed by atoms with E-state index in [1.54, 1.807) is 7.11 Å². The highest BCUT2D eigenvalue weighted by Gasteiger charge is 2.29. The van der Waals surface area contributed by atoms with Gasteiger partial charge in [0.2, 0.25) is 5.91 Å². The number of methoxy groups -OCH3 is 1. The fourth-order valence-electron chi connectivity index (χ4n) is 2.95. The monoisotopic (exact) mass is 320 g/mol. The Morgan fingerprint density at radius 1 is 1.26 bits per heavy atom. The summed E-state index contributed by atoms with van der Waals surface area (Å²) in [5, 5.41) is 3.12. The fraction of sp³-hybridized carbons (Fsp3) is 0.611. The molecule has 0 radical (unpaired) electrons. The number of hydrogen-bond donors (Lipinski definition) is 1. The predicted molar refractivity (Wildman–Crippen MR) is 90.2 cm³/mol. The maximum Gasteiger partial charge on any atom is 0.222 e. The third kappa shape index (κ3) is 6.29. The van der Waals surface area contributed by atoms with E-state index in [9.17, 15) is 4.79 Å². The molecule has 1 N–H and O–H groups in total. The molecule has 0 saturated carbocycles. The van der Waals surface area contributed by atoms with E-state index in [4.69, 9.17) is 9.47 Å². The number of nitrogens with one attached hydrogen (secondary N) is 1. The van der Waals surface area contributed by atoms with E-state index < -0.39 is 0 Å². The second-order valence-corrected chi connectivity index (χ2v) is 6.12. The normalized spacial score (nSPS) is 21.5. The standard InChI is InChI=1S/C18H28N2O3/c1-15-12-17(19-18(21)8-9-23-11-10-22-2)14-20(15)13-16-6-4-3-5-7-16/h3-7,15,17H,8-14H2,1-2H3,(H,19,21)/t15-,17+/m1/s1. The minimum atomic E-state index is 0.0705. The molecule has 0 aromatic heterocycles. The molecule has 1 amide bonds. The van der Waals surface area contributed by atoms with Gasteiger partial charge in [-0.25, -0.2) is 0 Å². The van der Waals surface area contributed by atoms with E-state index in [0.29, 0.717) is 32.3 Å². The lowest BCUT2D eigenvalue weighted by molar-refractivity contribution is -0.122. The molecule has 23 heavy (non-hydrogen) atoms. The lowest BCUT2D eigenvalue weighted by atomic mass is 10.2. The molecule has 1 heterocycles. The van der Waals surface area contributed by atoms with Gasteiger partial charge in [0.25, 0.3) is 0 Å². The Labute approximate surface area is 139 Å². The van der Waals surface area contributed by atoms with Crippen LogP contribution in [0.1, 0.15) is 25.3 Å². The first-order valence-electron chi connectivity index (χ1n) is 8.33. The Morgan fingerprint density at radius 3 is 2.78 bits per heavy atom. The molecule has 1 fully saturated rings. The number of benzene rings is 1. The summed E-state index contributed by atoms with van der Waals surface area (Å²) in [4.78, 5) is 14.4. The zero-order valence-electron chi connectivity index (χ0n) is 14.2.